The molecule has 13 heavy (non-hydrogen) atoms. The van der Waals surface area contributed by atoms with Gasteiger partial charge < -0.3 is 5.73 Å². The lowest BCUT2D eigenvalue weighted by Gasteiger charge is -2.32. The van der Waals surface area contributed by atoms with E-state index in [1.54, 1.807) is 0 Å². The van der Waals surface area contributed by atoms with Gasteiger partial charge in [0.25, 0.3) is 0 Å². The summed E-state index contributed by atoms with van der Waals surface area (Å²) in [5, 5.41) is 0. The first kappa shape index (κ1) is 11.0. The predicted octanol–water partition coefficient (Wildman–Crippen LogP) is 1.99. The molecule has 1 rings (SSSR count). The Morgan fingerprint density at radius 3 is 2.46 bits per heavy atom. The van der Waals surface area contributed by atoms with Crippen LogP contribution >= 0.6 is 0 Å². The van der Waals surface area contributed by atoms with Gasteiger partial charge in [-0.15, -0.1) is 0 Å². The second kappa shape index (κ2) is 5.61. The van der Waals surface area contributed by atoms with Crippen LogP contribution in [0.1, 0.15) is 45.4 Å². The van der Waals surface area contributed by atoms with E-state index in [-0.39, 0.29) is 0 Å². The van der Waals surface area contributed by atoms with Gasteiger partial charge in [0, 0.05) is 18.6 Å². The molecule has 2 N–H and O–H groups in total. The number of likely N-dealkylation sites (N-methyl/N-ethyl adjacent to an activating group) is 1. The minimum Gasteiger partial charge on any atom is -0.329 e. The summed E-state index contributed by atoms with van der Waals surface area (Å²) < 4.78 is 0. The normalized spacial score (nSPS) is 21.2. The third-order valence-electron chi connectivity index (χ3n) is 3.37. The Morgan fingerprint density at radius 1 is 1.38 bits per heavy atom. The summed E-state index contributed by atoms with van der Waals surface area (Å²) in [4.78, 5) is 2.52. The fourth-order valence-corrected chi connectivity index (χ4v) is 2.43. The monoisotopic (exact) mass is 184 g/mol. The predicted molar refractivity (Wildman–Crippen MR) is 57.8 cm³/mol. The first-order valence-electron chi connectivity index (χ1n) is 5.71. The molecular weight excluding hydrogens is 160 g/mol. The van der Waals surface area contributed by atoms with E-state index >= 15 is 0 Å². The van der Waals surface area contributed by atoms with Crippen molar-refractivity contribution in [3.05, 3.63) is 0 Å². The zero-order valence-corrected chi connectivity index (χ0v) is 9.13. The topological polar surface area (TPSA) is 29.3 Å². The van der Waals surface area contributed by atoms with E-state index < -0.39 is 0 Å². The van der Waals surface area contributed by atoms with Crippen LogP contribution in [0.5, 0.6) is 0 Å². The molecule has 2 heteroatoms. The third-order valence-corrected chi connectivity index (χ3v) is 3.37. The molecule has 0 heterocycles. The maximum absolute atomic E-state index is 5.79. The zero-order chi connectivity index (χ0) is 9.68. The van der Waals surface area contributed by atoms with Gasteiger partial charge in [-0.05, 0) is 26.3 Å². The second-order valence-electron chi connectivity index (χ2n) is 4.28. The summed E-state index contributed by atoms with van der Waals surface area (Å²) in [6, 6.07) is 1.44. The Morgan fingerprint density at radius 2 is 2.00 bits per heavy atom. The van der Waals surface area contributed by atoms with Gasteiger partial charge in [-0.1, -0.05) is 26.2 Å². The quantitative estimate of drug-likeness (QED) is 0.708. The zero-order valence-electron chi connectivity index (χ0n) is 9.13. The molecule has 1 aliphatic carbocycles. The fourth-order valence-electron chi connectivity index (χ4n) is 2.43. The molecule has 0 saturated heterocycles. The lowest BCUT2D eigenvalue weighted by atomic mass is 10.1. The van der Waals surface area contributed by atoms with Crippen molar-refractivity contribution < 1.29 is 0 Å². The third kappa shape index (κ3) is 2.96. The molecule has 78 valence electrons. The highest BCUT2D eigenvalue weighted by Gasteiger charge is 2.23. The molecule has 0 radical (unpaired) electrons. The number of nitrogens with zero attached hydrogens (tertiary/aromatic N) is 1. The minimum absolute atomic E-state index is 0.619. The van der Waals surface area contributed by atoms with E-state index in [2.05, 4.69) is 18.9 Å². The van der Waals surface area contributed by atoms with Gasteiger partial charge >= 0.3 is 0 Å². The molecule has 0 aromatic heterocycles. The van der Waals surface area contributed by atoms with Crippen LogP contribution in [0.2, 0.25) is 0 Å². The molecule has 0 aromatic carbocycles. The highest BCUT2D eigenvalue weighted by molar-refractivity contribution is 4.80. The lowest BCUT2D eigenvalue weighted by molar-refractivity contribution is 0.169. The minimum atomic E-state index is 0.619. The molecule has 0 amide bonds. The van der Waals surface area contributed by atoms with Gasteiger partial charge in [0.15, 0.2) is 0 Å². The summed E-state index contributed by atoms with van der Waals surface area (Å²) in [6.45, 7) is 3.06. The maximum Gasteiger partial charge on any atom is 0.0218 e. The molecule has 0 bridgehead atoms. The molecule has 0 aromatic rings. The lowest BCUT2D eigenvalue weighted by Crippen LogP contribution is -2.43. The van der Waals surface area contributed by atoms with E-state index in [0.29, 0.717) is 6.04 Å². The van der Waals surface area contributed by atoms with Crippen molar-refractivity contribution in [2.24, 2.45) is 5.73 Å². The van der Waals surface area contributed by atoms with E-state index in [1.165, 1.54) is 38.5 Å². The van der Waals surface area contributed by atoms with Gasteiger partial charge in [0.1, 0.15) is 0 Å². The highest BCUT2D eigenvalue weighted by Crippen LogP contribution is 2.24. The SMILES string of the molecule is CCCC(CN)N(C)C1CCCC1. The number of hydrogen-bond acceptors (Lipinski definition) is 2. The average Bonchev–Trinajstić information content (AvgIpc) is 2.65. The number of hydrogen-bond donors (Lipinski definition) is 1. The Labute approximate surface area is 82.5 Å². The molecule has 1 atom stereocenters. The van der Waals surface area contributed by atoms with Crippen LogP contribution in [0.4, 0.5) is 0 Å². The van der Waals surface area contributed by atoms with Crippen molar-refractivity contribution in [3.8, 4) is 0 Å². The van der Waals surface area contributed by atoms with Crippen LogP contribution in [0, 0.1) is 0 Å². The van der Waals surface area contributed by atoms with E-state index in [0.717, 1.165) is 12.6 Å². The summed E-state index contributed by atoms with van der Waals surface area (Å²) in [6.07, 6.45) is 8.10. The Kier molecular flexibility index (Phi) is 4.74. The molecular formula is C11H24N2. The van der Waals surface area contributed by atoms with Crippen LogP contribution in [-0.2, 0) is 0 Å². The van der Waals surface area contributed by atoms with E-state index in [4.69, 9.17) is 5.73 Å². The standard InChI is InChI=1S/C11H24N2/c1-3-6-11(9-12)13(2)10-7-4-5-8-10/h10-11H,3-9,12H2,1-2H3. The Bertz CT molecular complexity index is 130. The molecule has 1 aliphatic rings. The van der Waals surface area contributed by atoms with Crippen LogP contribution in [0.15, 0.2) is 0 Å². The van der Waals surface area contributed by atoms with Crippen molar-refractivity contribution >= 4 is 0 Å². The van der Waals surface area contributed by atoms with Gasteiger partial charge in [-0.3, -0.25) is 4.90 Å². The van der Waals surface area contributed by atoms with Gasteiger partial charge in [-0.2, -0.15) is 0 Å². The Hall–Kier alpha value is -0.0800. The average molecular weight is 184 g/mol. The van der Waals surface area contributed by atoms with Crippen molar-refractivity contribution in [3.63, 3.8) is 0 Å². The smallest absolute Gasteiger partial charge is 0.0218 e. The fraction of sp³-hybridized carbons (Fsp3) is 1.00. The van der Waals surface area contributed by atoms with Crippen molar-refractivity contribution in [1.82, 2.24) is 4.90 Å². The van der Waals surface area contributed by atoms with Gasteiger partial charge in [-0.25, -0.2) is 0 Å². The van der Waals surface area contributed by atoms with Crippen LogP contribution < -0.4 is 5.73 Å². The molecule has 0 spiro atoms. The van der Waals surface area contributed by atoms with Crippen LogP contribution in [0.3, 0.4) is 0 Å². The van der Waals surface area contributed by atoms with Gasteiger partial charge in [0.2, 0.25) is 0 Å². The molecule has 0 aliphatic heterocycles. The number of rotatable bonds is 5. The first-order valence-corrected chi connectivity index (χ1v) is 5.71. The number of nitrogens with two attached hydrogens (primary N) is 1. The van der Waals surface area contributed by atoms with Crippen molar-refractivity contribution in [1.29, 1.82) is 0 Å². The van der Waals surface area contributed by atoms with Crippen LogP contribution in [0.25, 0.3) is 0 Å². The van der Waals surface area contributed by atoms with Crippen molar-refractivity contribution in [2.75, 3.05) is 13.6 Å². The largest absolute Gasteiger partial charge is 0.329 e. The van der Waals surface area contributed by atoms with Gasteiger partial charge in [0.05, 0.1) is 0 Å². The highest BCUT2D eigenvalue weighted by atomic mass is 15.2. The Balaban J connectivity index is 2.37. The molecule has 1 unspecified atom stereocenters. The van der Waals surface area contributed by atoms with Crippen LogP contribution in [-0.4, -0.2) is 30.6 Å². The molecule has 2 nitrogen and oxygen atoms in total. The second-order valence-corrected chi connectivity index (χ2v) is 4.28. The maximum atomic E-state index is 5.79. The van der Waals surface area contributed by atoms with E-state index in [1.807, 2.05) is 0 Å². The summed E-state index contributed by atoms with van der Waals surface area (Å²) in [5.74, 6) is 0. The van der Waals surface area contributed by atoms with Crippen molar-refractivity contribution in [2.45, 2.75) is 57.5 Å². The molecule has 1 saturated carbocycles. The van der Waals surface area contributed by atoms with E-state index in [9.17, 15) is 0 Å². The summed E-state index contributed by atoms with van der Waals surface area (Å²) in [7, 11) is 2.25. The summed E-state index contributed by atoms with van der Waals surface area (Å²) in [5.41, 5.74) is 5.79. The summed E-state index contributed by atoms with van der Waals surface area (Å²) >= 11 is 0. The first-order chi connectivity index (χ1) is 6.29. The molecule has 1 fully saturated rings.